The average molecular weight is 155 g/mol. The van der Waals surface area contributed by atoms with Crippen molar-refractivity contribution >= 4 is 5.82 Å². The molecule has 62 valence electrons. The number of nitrogens with one attached hydrogen (secondary N) is 1. The lowest BCUT2D eigenvalue weighted by Crippen LogP contribution is -2.08. The Kier molecular flexibility index (Phi) is 2.48. The zero-order valence-electron chi connectivity index (χ0n) is 6.83. The minimum Gasteiger partial charge on any atom is -0.395 e. The molecule has 0 radical (unpaired) electrons. The van der Waals surface area contributed by atoms with Crippen LogP contribution < -0.4 is 5.32 Å². The number of hydrogen-bond donors (Lipinski definition) is 2. The van der Waals surface area contributed by atoms with E-state index < -0.39 is 0 Å². The van der Waals surface area contributed by atoms with E-state index in [0.717, 1.165) is 11.6 Å². The number of nitrogens with zero attached hydrogens (tertiary/aromatic N) is 2. The Labute approximate surface area is 65.9 Å². The Balaban J connectivity index is 2.63. The average Bonchev–Trinajstić information content (AvgIpc) is 2.31. The van der Waals surface area contributed by atoms with E-state index in [-0.39, 0.29) is 6.61 Å². The van der Waals surface area contributed by atoms with Crippen molar-refractivity contribution in [2.45, 2.75) is 6.92 Å². The van der Waals surface area contributed by atoms with Gasteiger partial charge in [0.15, 0.2) is 0 Å². The molecule has 1 rings (SSSR count). The summed E-state index contributed by atoms with van der Waals surface area (Å²) in [4.78, 5) is 4.09. The van der Waals surface area contributed by atoms with E-state index >= 15 is 0 Å². The highest BCUT2D eigenvalue weighted by Crippen LogP contribution is 2.06. The maximum absolute atomic E-state index is 8.53. The second-order valence-corrected chi connectivity index (χ2v) is 2.40. The molecule has 0 aliphatic rings. The monoisotopic (exact) mass is 155 g/mol. The third kappa shape index (κ3) is 1.71. The van der Waals surface area contributed by atoms with Crippen LogP contribution in [0.3, 0.4) is 0 Å². The first-order valence-corrected chi connectivity index (χ1v) is 3.58. The molecule has 4 nitrogen and oxygen atoms in total. The maximum Gasteiger partial charge on any atom is 0.125 e. The third-order valence-corrected chi connectivity index (χ3v) is 1.64. The Morgan fingerprint density at radius 1 is 1.73 bits per heavy atom. The van der Waals surface area contributed by atoms with Crippen LogP contribution in [0.25, 0.3) is 0 Å². The molecule has 0 bridgehead atoms. The Morgan fingerprint density at radius 2 is 2.45 bits per heavy atom. The third-order valence-electron chi connectivity index (χ3n) is 1.64. The van der Waals surface area contributed by atoms with Crippen LogP contribution >= 0.6 is 0 Å². The van der Waals surface area contributed by atoms with E-state index in [1.54, 1.807) is 6.20 Å². The molecule has 0 aliphatic heterocycles. The molecule has 11 heavy (non-hydrogen) atoms. The van der Waals surface area contributed by atoms with Crippen LogP contribution in [0.2, 0.25) is 0 Å². The van der Waals surface area contributed by atoms with Crippen molar-refractivity contribution in [2.75, 3.05) is 18.5 Å². The second-order valence-electron chi connectivity index (χ2n) is 2.40. The maximum atomic E-state index is 8.53. The number of hydrogen-bond acceptors (Lipinski definition) is 3. The molecular formula is C7H13N3O. The Morgan fingerprint density at radius 3 is 2.91 bits per heavy atom. The molecule has 0 fully saturated rings. The van der Waals surface area contributed by atoms with Crippen molar-refractivity contribution in [3.8, 4) is 0 Å². The fourth-order valence-corrected chi connectivity index (χ4v) is 0.850. The van der Waals surface area contributed by atoms with Crippen LogP contribution in [0.4, 0.5) is 5.82 Å². The summed E-state index contributed by atoms with van der Waals surface area (Å²) < 4.78 is 1.94. The molecular weight excluding hydrogens is 142 g/mol. The molecule has 1 aromatic rings. The standard InChI is InChI=1S/C7H13N3O/c1-6-9-5-7(10(6)2)8-3-4-11/h5,8,11H,3-4H2,1-2H3. The van der Waals surface area contributed by atoms with Gasteiger partial charge in [-0.25, -0.2) is 4.98 Å². The minimum absolute atomic E-state index is 0.143. The number of aromatic nitrogens is 2. The fourth-order valence-electron chi connectivity index (χ4n) is 0.850. The lowest BCUT2D eigenvalue weighted by atomic mass is 10.6. The first-order valence-electron chi connectivity index (χ1n) is 3.58. The molecule has 0 atom stereocenters. The van der Waals surface area contributed by atoms with Gasteiger partial charge < -0.3 is 15.0 Å². The first-order chi connectivity index (χ1) is 5.25. The summed E-state index contributed by atoms with van der Waals surface area (Å²) in [5.41, 5.74) is 0. The molecule has 4 heteroatoms. The lowest BCUT2D eigenvalue weighted by Gasteiger charge is -2.04. The Bertz CT molecular complexity index is 232. The van der Waals surface area contributed by atoms with Crippen LogP contribution in [-0.2, 0) is 7.05 Å². The molecule has 0 saturated heterocycles. The molecule has 1 aromatic heterocycles. The summed E-state index contributed by atoms with van der Waals surface area (Å²) in [6.45, 7) is 2.65. The van der Waals surface area contributed by atoms with E-state index in [2.05, 4.69) is 10.3 Å². The summed E-state index contributed by atoms with van der Waals surface area (Å²) in [7, 11) is 1.93. The van der Waals surface area contributed by atoms with Gasteiger partial charge in [-0.05, 0) is 6.92 Å². The second kappa shape index (κ2) is 3.39. The molecule has 0 saturated carbocycles. The highest BCUT2D eigenvalue weighted by atomic mass is 16.3. The van der Waals surface area contributed by atoms with Gasteiger partial charge in [0.25, 0.3) is 0 Å². The van der Waals surface area contributed by atoms with Crippen LogP contribution in [-0.4, -0.2) is 27.8 Å². The number of rotatable bonds is 3. The van der Waals surface area contributed by atoms with Crippen molar-refractivity contribution in [1.29, 1.82) is 0 Å². The summed E-state index contributed by atoms with van der Waals surface area (Å²) in [5, 5.41) is 11.6. The predicted octanol–water partition coefficient (Wildman–Crippen LogP) is 0.133. The van der Waals surface area contributed by atoms with E-state index in [0.29, 0.717) is 6.54 Å². The zero-order chi connectivity index (χ0) is 8.27. The fraction of sp³-hybridized carbons (Fsp3) is 0.571. The van der Waals surface area contributed by atoms with Gasteiger partial charge in [0.2, 0.25) is 0 Å². The lowest BCUT2D eigenvalue weighted by molar-refractivity contribution is 0.311. The largest absolute Gasteiger partial charge is 0.395 e. The number of anilines is 1. The van der Waals surface area contributed by atoms with Crippen LogP contribution in [0, 0.1) is 6.92 Å². The molecule has 0 amide bonds. The van der Waals surface area contributed by atoms with Crippen molar-refractivity contribution in [2.24, 2.45) is 7.05 Å². The summed E-state index contributed by atoms with van der Waals surface area (Å²) in [6, 6.07) is 0. The molecule has 0 aromatic carbocycles. The SMILES string of the molecule is Cc1ncc(NCCO)n1C. The van der Waals surface area contributed by atoms with Crippen LogP contribution in [0.5, 0.6) is 0 Å². The Hall–Kier alpha value is -1.03. The first kappa shape index (κ1) is 8.07. The molecule has 0 aliphatic carbocycles. The van der Waals surface area contributed by atoms with Gasteiger partial charge in [-0.15, -0.1) is 0 Å². The smallest absolute Gasteiger partial charge is 0.125 e. The van der Waals surface area contributed by atoms with Crippen molar-refractivity contribution in [3.05, 3.63) is 12.0 Å². The van der Waals surface area contributed by atoms with Crippen LogP contribution in [0.1, 0.15) is 5.82 Å². The normalized spacial score (nSPS) is 10.1. The zero-order valence-corrected chi connectivity index (χ0v) is 6.83. The minimum atomic E-state index is 0.143. The highest BCUT2D eigenvalue weighted by molar-refractivity contribution is 5.34. The van der Waals surface area contributed by atoms with Crippen molar-refractivity contribution < 1.29 is 5.11 Å². The summed E-state index contributed by atoms with van der Waals surface area (Å²) >= 11 is 0. The molecule has 0 unspecified atom stereocenters. The predicted molar refractivity (Wildman–Crippen MR) is 43.5 cm³/mol. The van der Waals surface area contributed by atoms with Gasteiger partial charge in [-0.2, -0.15) is 0 Å². The number of aliphatic hydroxyl groups is 1. The number of aliphatic hydroxyl groups excluding tert-OH is 1. The van der Waals surface area contributed by atoms with Gasteiger partial charge in [-0.3, -0.25) is 0 Å². The topological polar surface area (TPSA) is 50.1 Å². The van der Waals surface area contributed by atoms with Gasteiger partial charge in [0.1, 0.15) is 11.6 Å². The number of imidazole rings is 1. The molecule has 1 heterocycles. The van der Waals surface area contributed by atoms with Gasteiger partial charge >= 0.3 is 0 Å². The molecule has 0 spiro atoms. The van der Waals surface area contributed by atoms with Crippen molar-refractivity contribution in [1.82, 2.24) is 9.55 Å². The van der Waals surface area contributed by atoms with Crippen molar-refractivity contribution in [3.63, 3.8) is 0 Å². The molecule has 2 N–H and O–H groups in total. The van der Waals surface area contributed by atoms with Gasteiger partial charge in [-0.1, -0.05) is 0 Å². The highest BCUT2D eigenvalue weighted by Gasteiger charge is 1.99. The van der Waals surface area contributed by atoms with E-state index in [1.807, 2.05) is 18.5 Å². The van der Waals surface area contributed by atoms with Crippen LogP contribution in [0.15, 0.2) is 6.20 Å². The van der Waals surface area contributed by atoms with E-state index in [9.17, 15) is 0 Å². The quantitative estimate of drug-likeness (QED) is 0.652. The summed E-state index contributed by atoms with van der Waals surface area (Å²) in [6.07, 6.45) is 1.75. The van der Waals surface area contributed by atoms with E-state index in [4.69, 9.17) is 5.11 Å². The van der Waals surface area contributed by atoms with Gasteiger partial charge in [0.05, 0.1) is 12.8 Å². The van der Waals surface area contributed by atoms with Gasteiger partial charge in [0, 0.05) is 13.6 Å². The number of aryl methyl sites for hydroxylation is 1. The summed E-state index contributed by atoms with van der Waals surface area (Å²) in [5.74, 6) is 1.90. The van der Waals surface area contributed by atoms with E-state index in [1.165, 1.54) is 0 Å².